The van der Waals surface area contributed by atoms with Crippen molar-refractivity contribution in [3.63, 3.8) is 0 Å². The summed E-state index contributed by atoms with van der Waals surface area (Å²) in [4.78, 5) is 13.7. The van der Waals surface area contributed by atoms with E-state index in [0.29, 0.717) is 18.7 Å². The molecule has 2 aromatic rings. The molecule has 0 saturated carbocycles. The fraction of sp³-hybridized carbons (Fsp3) is 0.375. The normalized spacial score (nSPS) is 18.9. The van der Waals surface area contributed by atoms with Gasteiger partial charge in [0.15, 0.2) is 0 Å². The summed E-state index contributed by atoms with van der Waals surface area (Å²) in [5.41, 5.74) is 1.65. The SMILES string of the molecule is O=C(c1cc(-c2ccccc2)n[nH]1)N1CCC[C@@H](C(F)(F)F)C1. The molecule has 0 spiro atoms. The van der Waals surface area contributed by atoms with Gasteiger partial charge in [-0.1, -0.05) is 30.3 Å². The molecule has 0 unspecified atom stereocenters. The number of nitrogens with zero attached hydrogens (tertiary/aromatic N) is 2. The summed E-state index contributed by atoms with van der Waals surface area (Å²) in [7, 11) is 0. The van der Waals surface area contributed by atoms with Crippen molar-refractivity contribution in [1.29, 1.82) is 0 Å². The molecule has 0 bridgehead atoms. The van der Waals surface area contributed by atoms with E-state index >= 15 is 0 Å². The molecule has 1 aromatic heterocycles. The molecular formula is C16H16F3N3O. The van der Waals surface area contributed by atoms with Gasteiger partial charge in [0, 0.05) is 18.7 Å². The molecule has 1 atom stereocenters. The van der Waals surface area contributed by atoms with Gasteiger partial charge in [-0.25, -0.2) is 0 Å². The van der Waals surface area contributed by atoms with Gasteiger partial charge in [-0.15, -0.1) is 0 Å². The van der Waals surface area contributed by atoms with E-state index in [1.807, 2.05) is 30.3 Å². The Kier molecular flexibility index (Phi) is 4.11. The maximum Gasteiger partial charge on any atom is 0.393 e. The van der Waals surface area contributed by atoms with Crippen LogP contribution in [-0.2, 0) is 0 Å². The zero-order valence-corrected chi connectivity index (χ0v) is 12.3. The first-order chi connectivity index (χ1) is 10.9. The average molecular weight is 323 g/mol. The first kappa shape index (κ1) is 15.6. The van der Waals surface area contributed by atoms with Crippen LogP contribution in [-0.4, -0.2) is 40.3 Å². The van der Waals surface area contributed by atoms with E-state index in [4.69, 9.17) is 0 Å². The fourth-order valence-corrected chi connectivity index (χ4v) is 2.79. The van der Waals surface area contributed by atoms with Crippen molar-refractivity contribution in [2.24, 2.45) is 5.92 Å². The summed E-state index contributed by atoms with van der Waals surface area (Å²) in [5.74, 6) is -1.88. The number of halogens is 3. The highest BCUT2D eigenvalue weighted by atomic mass is 19.4. The number of nitrogens with one attached hydrogen (secondary N) is 1. The van der Waals surface area contributed by atoms with Gasteiger partial charge in [-0.3, -0.25) is 9.89 Å². The van der Waals surface area contributed by atoms with Crippen LogP contribution in [0.25, 0.3) is 11.3 Å². The standard InChI is InChI=1S/C16H16F3N3O/c17-16(18,19)12-7-4-8-22(10-12)15(23)14-9-13(20-21-14)11-5-2-1-3-6-11/h1-3,5-6,9,12H,4,7-8,10H2,(H,20,21)/t12-/m1/s1. The number of hydrogen-bond acceptors (Lipinski definition) is 2. The zero-order chi connectivity index (χ0) is 16.4. The van der Waals surface area contributed by atoms with Crippen molar-refractivity contribution in [2.45, 2.75) is 19.0 Å². The number of rotatable bonds is 2. The number of hydrogen-bond donors (Lipinski definition) is 1. The molecule has 23 heavy (non-hydrogen) atoms. The highest BCUT2D eigenvalue weighted by Crippen LogP contribution is 2.33. The number of likely N-dealkylation sites (tertiary alicyclic amines) is 1. The van der Waals surface area contributed by atoms with Crippen LogP contribution in [0.5, 0.6) is 0 Å². The molecule has 1 amide bonds. The van der Waals surface area contributed by atoms with E-state index in [9.17, 15) is 18.0 Å². The minimum atomic E-state index is -4.26. The predicted molar refractivity (Wildman–Crippen MR) is 78.7 cm³/mol. The highest BCUT2D eigenvalue weighted by molar-refractivity contribution is 5.93. The Morgan fingerprint density at radius 2 is 2.00 bits per heavy atom. The lowest BCUT2D eigenvalue weighted by Crippen LogP contribution is -2.44. The Balaban J connectivity index is 1.75. The second-order valence-electron chi connectivity index (χ2n) is 5.66. The summed E-state index contributed by atoms with van der Waals surface area (Å²) >= 11 is 0. The van der Waals surface area contributed by atoms with E-state index in [1.165, 1.54) is 4.90 Å². The number of aromatic nitrogens is 2. The van der Waals surface area contributed by atoms with Crippen LogP contribution in [0.3, 0.4) is 0 Å². The maximum atomic E-state index is 12.8. The second-order valence-corrected chi connectivity index (χ2v) is 5.66. The first-order valence-corrected chi connectivity index (χ1v) is 7.42. The third kappa shape index (κ3) is 3.38. The first-order valence-electron chi connectivity index (χ1n) is 7.42. The van der Waals surface area contributed by atoms with E-state index in [2.05, 4.69) is 10.2 Å². The van der Waals surface area contributed by atoms with Crippen LogP contribution >= 0.6 is 0 Å². The summed E-state index contributed by atoms with van der Waals surface area (Å²) < 4.78 is 38.5. The average Bonchev–Trinajstić information content (AvgIpc) is 3.04. The number of H-pyrrole nitrogens is 1. The minimum Gasteiger partial charge on any atom is -0.337 e. The van der Waals surface area contributed by atoms with E-state index in [1.54, 1.807) is 6.07 Å². The van der Waals surface area contributed by atoms with Crippen molar-refractivity contribution in [3.05, 3.63) is 42.1 Å². The van der Waals surface area contributed by atoms with Crippen molar-refractivity contribution >= 4 is 5.91 Å². The van der Waals surface area contributed by atoms with Crippen LogP contribution in [0.1, 0.15) is 23.3 Å². The Bertz CT molecular complexity index is 681. The fourth-order valence-electron chi connectivity index (χ4n) is 2.79. The van der Waals surface area contributed by atoms with E-state index in [0.717, 1.165) is 5.56 Å². The van der Waals surface area contributed by atoms with Gasteiger partial charge in [0.25, 0.3) is 5.91 Å². The quantitative estimate of drug-likeness (QED) is 0.920. The minimum absolute atomic E-state index is 0.0749. The molecule has 0 radical (unpaired) electrons. The summed E-state index contributed by atoms with van der Waals surface area (Å²) in [6.07, 6.45) is -3.83. The molecule has 7 heteroatoms. The Morgan fingerprint density at radius 1 is 1.26 bits per heavy atom. The third-order valence-electron chi connectivity index (χ3n) is 4.05. The molecule has 4 nitrogen and oxygen atoms in total. The van der Waals surface area contributed by atoms with Crippen LogP contribution in [0.15, 0.2) is 36.4 Å². The molecule has 1 fully saturated rings. The van der Waals surface area contributed by atoms with Gasteiger partial charge >= 0.3 is 6.18 Å². The maximum absolute atomic E-state index is 12.8. The van der Waals surface area contributed by atoms with Gasteiger partial charge in [0.05, 0.1) is 11.6 Å². The molecular weight excluding hydrogens is 307 g/mol. The smallest absolute Gasteiger partial charge is 0.337 e. The van der Waals surface area contributed by atoms with Gasteiger partial charge in [-0.2, -0.15) is 18.3 Å². The molecule has 1 aliphatic heterocycles. The predicted octanol–water partition coefficient (Wildman–Crippen LogP) is 3.49. The molecule has 122 valence electrons. The van der Waals surface area contributed by atoms with E-state index in [-0.39, 0.29) is 18.7 Å². The molecule has 1 aliphatic rings. The van der Waals surface area contributed by atoms with Gasteiger partial charge in [0.2, 0.25) is 0 Å². The zero-order valence-electron chi connectivity index (χ0n) is 12.3. The monoisotopic (exact) mass is 323 g/mol. The van der Waals surface area contributed by atoms with E-state index < -0.39 is 18.0 Å². The second kappa shape index (κ2) is 6.06. The van der Waals surface area contributed by atoms with Crippen LogP contribution in [0.4, 0.5) is 13.2 Å². The molecule has 1 N–H and O–H groups in total. The number of carbonyl (C=O) groups excluding carboxylic acids is 1. The number of benzene rings is 1. The van der Waals surface area contributed by atoms with Crippen molar-refractivity contribution in [1.82, 2.24) is 15.1 Å². The largest absolute Gasteiger partial charge is 0.393 e. The van der Waals surface area contributed by atoms with Gasteiger partial charge in [-0.05, 0) is 18.9 Å². The van der Waals surface area contributed by atoms with Crippen molar-refractivity contribution in [2.75, 3.05) is 13.1 Å². The number of piperidine rings is 1. The van der Waals surface area contributed by atoms with Crippen LogP contribution in [0.2, 0.25) is 0 Å². The van der Waals surface area contributed by atoms with Gasteiger partial charge in [0.1, 0.15) is 5.69 Å². The molecule has 3 rings (SSSR count). The highest BCUT2D eigenvalue weighted by Gasteiger charge is 2.42. The topological polar surface area (TPSA) is 49.0 Å². The summed E-state index contributed by atoms with van der Waals surface area (Å²) in [6.45, 7) is 0.0487. The lowest BCUT2D eigenvalue weighted by molar-refractivity contribution is -0.184. The summed E-state index contributed by atoms with van der Waals surface area (Å²) in [6, 6.07) is 10.9. The van der Waals surface area contributed by atoms with Crippen molar-refractivity contribution < 1.29 is 18.0 Å². The third-order valence-corrected chi connectivity index (χ3v) is 4.05. The Morgan fingerprint density at radius 3 is 2.70 bits per heavy atom. The molecule has 1 aromatic carbocycles. The van der Waals surface area contributed by atoms with Crippen molar-refractivity contribution in [3.8, 4) is 11.3 Å². The lowest BCUT2D eigenvalue weighted by atomic mass is 9.97. The Labute approximate surface area is 131 Å². The van der Waals surface area contributed by atoms with Crippen LogP contribution in [0, 0.1) is 5.92 Å². The number of carbonyl (C=O) groups is 1. The van der Waals surface area contributed by atoms with Gasteiger partial charge < -0.3 is 4.90 Å². The van der Waals surface area contributed by atoms with Crippen LogP contribution < -0.4 is 0 Å². The lowest BCUT2D eigenvalue weighted by Gasteiger charge is -2.33. The molecule has 1 saturated heterocycles. The summed E-state index contributed by atoms with van der Waals surface area (Å²) in [5, 5.41) is 6.71. The molecule has 0 aliphatic carbocycles. The number of aromatic amines is 1. The number of amides is 1. The number of alkyl halides is 3. The Hall–Kier alpha value is -2.31. The molecule has 2 heterocycles.